The first-order valence-electron chi connectivity index (χ1n) is 5.65. The van der Waals surface area contributed by atoms with Crippen molar-refractivity contribution >= 4 is 11.5 Å². The molecular formula is C13H13N3O3. The Labute approximate surface area is 110 Å². The van der Waals surface area contributed by atoms with Crippen molar-refractivity contribution in [3.05, 3.63) is 57.8 Å². The molecule has 0 saturated heterocycles. The van der Waals surface area contributed by atoms with Gasteiger partial charge in [-0.05, 0) is 24.6 Å². The number of rotatable bonds is 4. The Morgan fingerprint density at radius 1 is 1.42 bits per heavy atom. The van der Waals surface area contributed by atoms with Gasteiger partial charge in [0.15, 0.2) is 0 Å². The van der Waals surface area contributed by atoms with Crippen LogP contribution >= 0.6 is 0 Å². The molecule has 0 saturated carbocycles. The molecule has 19 heavy (non-hydrogen) atoms. The van der Waals surface area contributed by atoms with E-state index in [0.717, 1.165) is 5.56 Å². The summed E-state index contributed by atoms with van der Waals surface area (Å²) in [5, 5.41) is 10.6. The van der Waals surface area contributed by atoms with Crippen LogP contribution in [0.4, 0.5) is 11.5 Å². The third-order valence-electron chi connectivity index (χ3n) is 2.68. The molecule has 6 heteroatoms. The predicted molar refractivity (Wildman–Crippen MR) is 70.8 cm³/mol. The topological polar surface area (TPSA) is 91.3 Å². The molecule has 1 aromatic heterocycles. The number of anilines is 1. The van der Waals surface area contributed by atoms with Crippen LogP contribution in [0.5, 0.6) is 5.75 Å². The maximum atomic E-state index is 10.6. The lowest BCUT2D eigenvalue weighted by Crippen LogP contribution is -2.02. The second-order valence-electron chi connectivity index (χ2n) is 4.04. The van der Waals surface area contributed by atoms with E-state index in [4.69, 9.17) is 10.5 Å². The van der Waals surface area contributed by atoms with Crippen LogP contribution in [0.25, 0.3) is 0 Å². The van der Waals surface area contributed by atoms with Crippen LogP contribution in [0.15, 0.2) is 36.5 Å². The Bertz CT molecular complexity index is 614. The van der Waals surface area contributed by atoms with Crippen molar-refractivity contribution in [1.82, 2.24) is 4.98 Å². The molecule has 0 unspecified atom stereocenters. The lowest BCUT2D eigenvalue weighted by molar-refractivity contribution is -0.384. The molecule has 0 radical (unpaired) electrons. The zero-order valence-electron chi connectivity index (χ0n) is 10.4. The largest absolute Gasteiger partial charge is 0.488 e. The Balaban J connectivity index is 2.12. The van der Waals surface area contributed by atoms with Gasteiger partial charge in [-0.2, -0.15) is 0 Å². The number of aryl methyl sites for hydroxylation is 1. The highest BCUT2D eigenvalue weighted by atomic mass is 16.6. The van der Waals surface area contributed by atoms with Crippen LogP contribution in [-0.4, -0.2) is 9.91 Å². The van der Waals surface area contributed by atoms with E-state index in [1.54, 1.807) is 25.3 Å². The van der Waals surface area contributed by atoms with Crippen molar-refractivity contribution in [3.63, 3.8) is 0 Å². The SMILES string of the molecule is Cc1cc([N+](=O)[O-])ccc1OCc1cccnc1N. The van der Waals surface area contributed by atoms with E-state index in [9.17, 15) is 10.1 Å². The molecule has 0 spiro atoms. The summed E-state index contributed by atoms with van der Waals surface area (Å²) in [4.78, 5) is 14.2. The highest BCUT2D eigenvalue weighted by Crippen LogP contribution is 2.24. The molecule has 0 aliphatic carbocycles. The van der Waals surface area contributed by atoms with E-state index in [-0.39, 0.29) is 12.3 Å². The number of nitrogens with two attached hydrogens (primary N) is 1. The molecule has 1 aromatic carbocycles. The predicted octanol–water partition coefficient (Wildman–Crippen LogP) is 2.46. The van der Waals surface area contributed by atoms with Crippen LogP contribution in [0, 0.1) is 17.0 Å². The molecule has 0 aliphatic rings. The van der Waals surface area contributed by atoms with Crippen molar-refractivity contribution in [2.24, 2.45) is 0 Å². The number of nitrogens with zero attached hydrogens (tertiary/aromatic N) is 2. The van der Waals surface area contributed by atoms with Crippen LogP contribution in [0.2, 0.25) is 0 Å². The van der Waals surface area contributed by atoms with Gasteiger partial charge in [0.25, 0.3) is 5.69 Å². The number of benzene rings is 1. The average molecular weight is 259 g/mol. The number of ether oxygens (including phenoxy) is 1. The van der Waals surface area contributed by atoms with Gasteiger partial charge in [-0.3, -0.25) is 10.1 Å². The summed E-state index contributed by atoms with van der Waals surface area (Å²) in [5.41, 5.74) is 7.24. The summed E-state index contributed by atoms with van der Waals surface area (Å²) in [6, 6.07) is 8.07. The lowest BCUT2D eigenvalue weighted by atomic mass is 10.2. The van der Waals surface area contributed by atoms with E-state index < -0.39 is 4.92 Å². The minimum atomic E-state index is -0.435. The van der Waals surface area contributed by atoms with Crippen LogP contribution in [0.1, 0.15) is 11.1 Å². The molecule has 0 bridgehead atoms. The third-order valence-corrected chi connectivity index (χ3v) is 2.68. The Kier molecular flexibility index (Phi) is 3.61. The van der Waals surface area contributed by atoms with E-state index in [0.29, 0.717) is 17.1 Å². The van der Waals surface area contributed by atoms with Crippen molar-refractivity contribution < 1.29 is 9.66 Å². The van der Waals surface area contributed by atoms with Gasteiger partial charge in [-0.25, -0.2) is 4.98 Å². The number of non-ortho nitro benzene ring substituents is 1. The number of pyridine rings is 1. The smallest absolute Gasteiger partial charge is 0.269 e. The average Bonchev–Trinajstić information content (AvgIpc) is 2.39. The monoisotopic (exact) mass is 259 g/mol. The molecule has 0 amide bonds. The highest BCUT2D eigenvalue weighted by Gasteiger charge is 2.09. The fourth-order valence-electron chi connectivity index (χ4n) is 1.64. The molecule has 98 valence electrons. The number of nitrogen functional groups attached to an aromatic ring is 1. The number of nitro benzene ring substituents is 1. The van der Waals surface area contributed by atoms with Gasteiger partial charge < -0.3 is 10.5 Å². The van der Waals surface area contributed by atoms with Gasteiger partial charge in [-0.1, -0.05) is 6.07 Å². The van der Waals surface area contributed by atoms with E-state index >= 15 is 0 Å². The molecule has 0 atom stereocenters. The van der Waals surface area contributed by atoms with Gasteiger partial charge >= 0.3 is 0 Å². The standard InChI is InChI=1S/C13H13N3O3/c1-9-7-11(16(17)18)4-5-12(9)19-8-10-3-2-6-15-13(10)14/h2-7H,8H2,1H3,(H2,14,15). The van der Waals surface area contributed by atoms with Gasteiger partial charge in [0.2, 0.25) is 0 Å². The second kappa shape index (κ2) is 5.34. The van der Waals surface area contributed by atoms with Gasteiger partial charge in [0.05, 0.1) is 4.92 Å². The maximum absolute atomic E-state index is 10.6. The van der Waals surface area contributed by atoms with Crippen molar-refractivity contribution in [2.45, 2.75) is 13.5 Å². The fraction of sp³-hybridized carbons (Fsp3) is 0.154. The lowest BCUT2D eigenvalue weighted by Gasteiger charge is -2.09. The molecule has 0 aliphatic heterocycles. The minimum absolute atomic E-state index is 0.0470. The minimum Gasteiger partial charge on any atom is -0.488 e. The first-order valence-corrected chi connectivity index (χ1v) is 5.65. The zero-order valence-corrected chi connectivity index (χ0v) is 10.4. The molecule has 2 aromatic rings. The number of aromatic nitrogens is 1. The number of nitro groups is 1. The van der Waals surface area contributed by atoms with Crippen LogP contribution in [-0.2, 0) is 6.61 Å². The molecule has 6 nitrogen and oxygen atoms in total. The first kappa shape index (κ1) is 12.8. The molecule has 2 rings (SSSR count). The van der Waals surface area contributed by atoms with E-state index in [1.165, 1.54) is 12.1 Å². The molecule has 2 N–H and O–H groups in total. The third kappa shape index (κ3) is 2.98. The Morgan fingerprint density at radius 2 is 2.21 bits per heavy atom. The highest BCUT2D eigenvalue weighted by molar-refractivity contribution is 5.43. The molecule has 0 fully saturated rings. The van der Waals surface area contributed by atoms with Gasteiger partial charge in [-0.15, -0.1) is 0 Å². The number of hydrogen-bond acceptors (Lipinski definition) is 5. The zero-order chi connectivity index (χ0) is 13.8. The summed E-state index contributed by atoms with van der Waals surface area (Å²) in [5.74, 6) is 1.01. The maximum Gasteiger partial charge on any atom is 0.269 e. The van der Waals surface area contributed by atoms with Gasteiger partial charge in [0, 0.05) is 23.9 Å². The van der Waals surface area contributed by atoms with Gasteiger partial charge in [0.1, 0.15) is 18.2 Å². The summed E-state index contributed by atoms with van der Waals surface area (Å²) in [7, 11) is 0. The fourth-order valence-corrected chi connectivity index (χ4v) is 1.64. The van der Waals surface area contributed by atoms with Crippen molar-refractivity contribution in [2.75, 3.05) is 5.73 Å². The Morgan fingerprint density at radius 3 is 2.84 bits per heavy atom. The van der Waals surface area contributed by atoms with Crippen LogP contribution < -0.4 is 10.5 Å². The van der Waals surface area contributed by atoms with E-state index in [2.05, 4.69) is 4.98 Å². The molecular weight excluding hydrogens is 246 g/mol. The first-order chi connectivity index (χ1) is 9.08. The summed E-state index contributed by atoms with van der Waals surface area (Å²) in [6.07, 6.45) is 1.61. The van der Waals surface area contributed by atoms with Crippen molar-refractivity contribution in [3.8, 4) is 5.75 Å². The van der Waals surface area contributed by atoms with Crippen LogP contribution in [0.3, 0.4) is 0 Å². The quantitative estimate of drug-likeness (QED) is 0.672. The summed E-state index contributed by atoms with van der Waals surface area (Å²) < 4.78 is 5.60. The van der Waals surface area contributed by atoms with Crippen molar-refractivity contribution in [1.29, 1.82) is 0 Å². The summed E-state index contributed by atoms with van der Waals surface area (Å²) >= 11 is 0. The second-order valence-corrected chi connectivity index (χ2v) is 4.04. The Hall–Kier alpha value is -2.63. The summed E-state index contributed by atoms with van der Waals surface area (Å²) in [6.45, 7) is 2.03. The van der Waals surface area contributed by atoms with E-state index in [1.807, 2.05) is 6.07 Å². The number of hydrogen-bond donors (Lipinski definition) is 1. The normalized spacial score (nSPS) is 10.2. The molecule has 1 heterocycles.